The number of aromatic nitrogens is 2. The van der Waals surface area contributed by atoms with Crippen molar-refractivity contribution in [3.8, 4) is 16.9 Å². The van der Waals surface area contributed by atoms with Crippen molar-refractivity contribution in [1.29, 1.82) is 0 Å². The fraction of sp³-hybridized carbons (Fsp3) is 0.0909. The molecule has 8 nitrogen and oxygen atoms in total. The maximum atomic E-state index is 11.7. The van der Waals surface area contributed by atoms with Crippen LogP contribution in [0.15, 0.2) is 34.0 Å². The summed E-state index contributed by atoms with van der Waals surface area (Å²) in [7, 11) is 1.40. The molecule has 0 aliphatic carbocycles. The fourth-order valence-electron chi connectivity index (χ4n) is 1.63. The minimum absolute atomic E-state index is 0.00907. The lowest BCUT2D eigenvalue weighted by molar-refractivity contribution is -0.384. The van der Waals surface area contributed by atoms with Gasteiger partial charge in [0.05, 0.1) is 23.2 Å². The summed E-state index contributed by atoms with van der Waals surface area (Å²) in [5.41, 5.74) is -1.58. The summed E-state index contributed by atoms with van der Waals surface area (Å²) in [4.78, 5) is 37.2. The van der Waals surface area contributed by atoms with Gasteiger partial charge in [-0.2, -0.15) is 0 Å². The molecule has 98 valence electrons. The Bertz CT molecular complexity index is 746. The van der Waals surface area contributed by atoms with Gasteiger partial charge in [0.1, 0.15) is 5.75 Å². The first kappa shape index (κ1) is 12.6. The molecule has 1 aromatic carbocycles. The highest BCUT2D eigenvalue weighted by molar-refractivity contribution is 5.73. The van der Waals surface area contributed by atoms with Gasteiger partial charge in [-0.3, -0.25) is 19.9 Å². The minimum atomic E-state index is -0.708. The number of nitrogens with one attached hydrogen (secondary N) is 2. The zero-order valence-electron chi connectivity index (χ0n) is 9.80. The number of aromatic amines is 2. The summed E-state index contributed by atoms with van der Waals surface area (Å²) in [5.74, 6) is 0.367. The van der Waals surface area contributed by atoms with Crippen LogP contribution in [0.1, 0.15) is 0 Å². The number of methoxy groups -OCH3 is 1. The number of benzene rings is 1. The lowest BCUT2D eigenvalue weighted by Crippen LogP contribution is -2.22. The Hall–Kier alpha value is -2.90. The largest absolute Gasteiger partial charge is 0.497 e. The Morgan fingerprint density at radius 3 is 2.58 bits per heavy atom. The van der Waals surface area contributed by atoms with Crippen LogP contribution in [-0.4, -0.2) is 22.0 Å². The van der Waals surface area contributed by atoms with Crippen LogP contribution in [0.3, 0.4) is 0 Å². The number of ether oxygens (including phenoxy) is 1. The number of rotatable bonds is 3. The second kappa shape index (κ2) is 4.77. The molecule has 0 saturated heterocycles. The predicted octanol–water partition coefficient (Wildman–Crippen LogP) is 0.647. The lowest BCUT2D eigenvalue weighted by Gasteiger charge is -2.05. The van der Waals surface area contributed by atoms with Gasteiger partial charge in [0.25, 0.3) is 11.2 Å². The Kier molecular flexibility index (Phi) is 3.15. The van der Waals surface area contributed by atoms with Gasteiger partial charge in [-0.1, -0.05) is 0 Å². The molecule has 2 N–H and O–H groups in total. The van der Waals surface area contributed by atoms with E-state index in [0.29, 0.717) is 5.75 Å². The number of hydrogen-bond acceptors (Lipinski definition) is 5. The molecule has 0 unspecified atom stereocenters. The molecule has 0 atom stereocenters. The van der Waals surface area contributed by atoms with Crippen LogP contribution in [-0.2, 0) is 0 Å². The summed E-state index contributed by atoms with van der Waals surface area (Å²) in [6, 6.07) is 4.02. The van der Waals surface area contributed by atoms with Crippen LogP contribution in [0, 0.1) is 10.1 Å². The van der Waals surface area contributed by atoms with Crippen LogP contribution in [0.2, 0.25) is 0 Å². The van der Waals surface area contributed by atoms with Gasteiger partial charge in [0.15, 0.2) is 0 Å². The van der Waals surface area contributed by atoms with E-state index in [-0.39, 0.29) is 16.8 Å². The predicted molar refractivity (Wildman–Crippen MR) is 66.3 cm³/mol. The molecule has 0 radical (unpaired) electrons. The number of nitro benzene ring substituents is 1. The number of hydrogen-bond donors (Lipinski definition) is 2. The van der Waals surface area contributed by atoms with Crippen LogP contribution in [0.4, 0.5) is 5.69 Å². The second-order valence-corrected chi connectivity index (χ2v) is 3.63. The number of nitrogens with zero attached hydrogens (tertiary/aromatic N) is 1. The van der Waals surface area contributed by atoms with Gasteiger partial charge in [-0.25, -0.2) is 4.79 Å². The summed E-state index contributed by atoms with van der Waals surface area (Å²) in [6.07, 6.45) is 1.13. The lowest BCUT2D eigenvalue weighted by atomic mass is 10.1. The molecule has 0 aliphatic heterocycles. The van der Waals surface area contributed by atoms with E-state index in [4.69, 9.17) is 4.74 Å². The van der Waals surface area contributed by atoms with E-state index in [2.05, 4.69) is 4.98 Å². The van der Waals surface area contributed by atoms with Crippen LogP contribution in [0.5, 0.6) is 5.75 Å². The standard InChI is InChI=1S/C11H9N3O5/c1-19-6-2-3-9(14(17)18)7(4-6)8-5-12-11(16)13-10(8)15/h2-5H,1H3,(H2,12,13,15,16). The Morgan fingerprint density at radius 1 is 1.26 bits per heavy atom. The minimum Gasteiger partial charge on any atom is -0.497 e. The molecule has 1 aromatic heterocycles. The summed E-state index contributed by atoms with van der Waals surface area (Å²) >= 11 is 0. The molecule has 19 heavy (non-hydrogen) atoms. The first-order chi connectivity index (χ1) is 9.02. The van der Waals surface area contributed by atoms with Crippen molar-refractivity contribution in [2.45, 2.75) is 0 Å². The highest BCUT2D eigenvalue weighted by atomic mass is 16.6. The van der Waals surface area contributed by atoms with Gasteiger partial charge < -0.3 is 9.72 Å². The normalized spacial score (nSPS) is 10.2. The van der Waals surface area contributed by atoms with E-state index in [0.717, 1.165) is 6.20 Å². The molecule has 0 amide bonds. The van der Waals surface area contributed by atoms with E-state index >= 15 is 0 Å². The molecule has 2 aromatic rings. The zero-order chi connectivity index (χ0) is 14.0. The van der Waals surface area contributed by atoms with E-state index in [1.165, 1.54) is 25.3 Å². The molecule has 0 aliphatic rings. The van der Waals surface area contributed by atoms with Crippen molar-refractivity contribution < 1.29 is 9.66 Å². The Labute approximate surface area is 105 Å². The first-order valence-electron chi connectivity index (χ1n) is 5.17. The third-order valence-electron chi connectivity index (χ3n) is 2.51. The van der Waals surface area contributed by atoms with Crippen molar-refractivity contribution in [3.63, 3.8) is 0 Å². The number of H-pyrrole nitrogens is 2. The first-order valence-corrected chi connectivity index (χ1v) is 5.17. The molecule has 8 heteroatoms. The summed E-state index contributed by atoms with van der Waals surface area (Å²) < 4.78 is 4.97. The molecule has 0 spiro atoms. The van der Waals surface area contributed by atoms with E-state index in [1.807, 2.05) is 4.98 Å². The monoisotopic (exact) mass is 263 g/mol. The van der Waals surface area contributed by atoms with Gasteiger partial charge in [0, 0.05) is 12.3 Å². The smallest absolute Gasteiger partial charge is 0.325 e. The molecule has 1 heterocycles. The molecule has 2 rings (SSSR count). The van der Waals surface area contributed by atoms with Gasteiger partial charge in [-0.05, 0) is 12.1 Å². The second-order valence-electron chi connectivity index (χ2n) is 3.63. The molecular weight excluding hydrogens is 254 g/mol. The zero-order valence-corrected chi connectivity index (χ0v) is 9.80. The maximum absolute atomic E-state index is 11.7. The van der Waals surface area contributed by atoms with Gasteiger partial charge in [0.2, 0.25) is 0 Å². The molecule has 0 saturated carbocycles. The third-order valence-corrected chi connectivity index (χ3v) is 2.51. The highest BCUT2D eigenvalue weighted by Crippen LogP contribution is 2.30. The van der Waals surface area contributed by atoms with E-state index in [9.17, 15) is 19.7 Å². The molecule has 0 bridgehead atoms. The van der Waals surface area contributed by atoms with Crippen molar-refractivity contribution in [1.82, 2.24) is 9.97 Å². The van der Waals surface area contributed by atoms with Crippen molar-refractivity contribution in [2.24, 2.45) is 0 Å². The Morgan fingerprint density at radius 2 is 2.00 bits per heavy atom. The van der Waals surface area contributed by atoms with Crippen molar-refractivity contribution in [2.75, 3.05) is 7.11 Å². The highest BCUT2D eigenvalue weighted by Gasteiger charge is 2.18. The topological polar surface area (TPSA) is 118 Å². The fourth-order valence-corrected chi connectivity index (χ4v) is 1.63. The molecule has 0 fully saturated rings. The number of nitro groups is 1. The quantitative estimate of drug-likeness (QED) is 0.622. The SMILES string of the molecule is COc1ccc([N+](=O)[O-])c(-c2c[nH]c(=O)[nH]c2=O)c1. The maximum Gasteiger partial charge on any atom is 0.325 e. The van der Waals surface area contributed by atoms with Crippen LogP contribution in [0.25, 0.3) is 11.1 Å². The summed E-state index contributed by atoms with van der Waals surface area (Å²) in [5, 5.41) is 11.0. The van der Waals surface area contributed by atoms with Crippen molar-refractivity contribution >= 4 is 5.69 Å². The summed E-state index contributed by atoms with van der Waals surface area (Å²) in [6.45, 7) is 0. The van der Waals surface area contributed by atoms with Gasteiger partial charge >= 0.3 is 5.69 Å². The Balaban J connectivity index is 2.75. The van der Waals surface area contributed by atoms with E-state index < -0.39 is 16.2 Å². The van der Waals surface area contributed by atoms with Crippen LogP contribution >= 0.6 is 0 Å². The third kappa shape index (κ3) is 2.37. The average Bonchev–Trinajstić information content (AvgIpc) is 2.38. The van der Waals surface area contributed by atoms with Crippen molar-refractivity contribution in [3.05, 3.63) is 55.3 Å². The van der Waals surface area contributed by atoms with Crippen LogP contribution < -0.4 is 16.0 Å². The average molecular weight is 263 g/mol. The van der Waals surface area contributed by atoms with Gasteiger partial charge in [-0.15, -0.1) is 0 Å². The molecular formula is C11H9N3O5. The van der Waals surface area contributed by atoms with E-state index in [1.54, 1.807) is 0 Å².